The minimum absolute atomic E-state index is 0.510. The molecular formula is C20H21BrN2O2S. The number of halogens is 1. The molecule has 0 spiro atoms. The van der Waals surface area contributed by atoms with Crippen LogP contribution in [0, 0.1) is 6.92 Å². The Hall–Kier alpha value is -2.05. The third-order valence-corrected chi connectivity index (χ3v) is 5.39. The number of hydrogen-bond acceptors (Lipinski definition) is 5. The van der Waals surface area contributed by atoms with Gasteiger partial charge in [-0.1, -0.05) is 40.2 Å². The molecule has 0 aliphatic rings. The van der Waals surface area contributed by atoms with E-state index in [4.69, 9.17) is 9.47 Å². The zero-order valence-corrected chi connectivity index (χ0v) is 17.2. The standard InChI is InChI=1S/C20H21BrN2O2S/c1-3-24-18-10-16(12-23-20-22-8-9-26-20)17(21)11-19(18)25-13-15-7-5-4-6-14(15)2/h4-11H,3,12-13H2,1-2H3,(H,22,23). The molecule has 3 aromatic rings. The fourth-order valence-electron chi connectivity index (χ4n) is 2.50. The van der Waals surface area contributed by atoms with Gasteiger partial charge in [0.2, 0.25) is 0 Å². The summed E-state index contributed by atoms with van der Waals surface area (Å²) in [6.07, 6.45) is 1.79. The van der Waals surface area contributed by atoms with Crippen LogP contribution in [-0.4, -0.2) is 11.6 Å². The number of rotatable bonds is 8. The van der Waals surface area contributed by atoms with Gasteiger partial charge in [0.15, 0.2) is 16.6 Å². The van der Waals surface area contributed by atoms with E-state index >= 15 is 0 Å². The van der Waals surface area contributed by atoms with Gasteiger partial charge in [-0.15, -0.1) is 11.3 Å². The van der Waals surface area contributed by atoms with Gasteiger partial charge in [0.25, 0.3) is 0 Å². The van der Waals surface area contributed by atoms with E-state index in [0.717, 1.165) is 26.7 Å². The number of nitrogens with zero attached hydrogens (tertiary/aromatic N) is 1. The summed E-state index contributed by atoms with van der Waals surface area (Å²) in [6, 6.07) is 12.2. The highest BCUT2D eigenvalue weighted by Gasteiger charge is 2.12. The van der Waals surface area contributed by atoms with E-state index in [-0.39, 0.29) is 0 Å². The van der Waals surface area contributed by atoms with Gasteiger partial charge < -0.3 is 14.8 Å². The molecule has 136 valence electrons. The monoisotopic (exact) mass is 432 g/mol. The zero-order chi connectivity index (χ0) is 18.4. The lowest BCUT2D eigenvalue weighted by Crippen LogP contribution is -2.04. The first-order valence-corrected chi connectivity index (χ1v) is 10.1. The summed E-state index contributed by atoms with van der Waals surface area (Å²) in [7, 11) is 0. The Bertz CT molecular complexity index is 853. The molecule has 0 amide bonds. The third-order valence-electron chi connectivity index (χ3n) is 3.92. The van der Waals surface area contributed by atoms with Gasteiger partial charge in [-0.05, 0) is 42.7 Å². The normalized spacial score (nSPS) is 10.6. The summed E-state index contributed by atoms with van der Waals surface area (Å²) in [5.74, 6) is 1.49. The highest BCUT2D eigenvalue weighted by atomic mass is 79.9. The zero-order valence-electron chi connectivity index (χ0n) is 14.8. The van der Waals surface area contributed by atoms with Gasteiger partial charge in [0.1, 0.15) is 6.61 Å². The van der Waals surface area contributed by atoms with Crippen LogP contribution in [0.3, 0.4) is 0 Å². The van der Waals surface area contributed by atoms with Crippen LogP contribution >= 0.6 is 27.3 Å². The van der Waals surface area contributed by atoms with Crippen molar-refractivity contribution >= 4 is 32.4 Å². The molecule has 3 rings (SSSR count). The number of aromatic nitrogens is 1. The molecular weight excluding hydrogens is 412 g/mol. The number of hydrogen-bond donors (Lipinski definition) is 1. The topological polar surface area (TPSA) is 43.4 Å². The molecule has 1 heterocycles. The fourth-order valence-corrected chi connectivity index (χ4v) is 3.49. The predicted octanol–water partition coefficient (Wildman–Crippen LogP) is 5.80. The molecule has 0 unspecified atom stereocenters. The summed E-state index contributed by atoms with van der Waals surface area (Å²) in [4.78, 5) is 4.24. The van der Waals surface area contributed by atoms with Gasteiger partial charge in [0.05, 0.1) is 6.61 Å². The second-order valence-corrected chi connectivity index (χ2v) is 7.48. The average Bonchev–Trinajstić information content (AvgIpc) is 3.15. The molecule has 0 aliphatic heterocycles. The molecule has 1 N–H and O–H groups in total. The lowest BCUT2D eigenvalue weighted by molar-refractivity contribution is 0.268. The second kappa shape index (κ2) is 9.05. The summed E-state index contributed by atoms with van der Waals surface area (Å²) in [5.41, 5.74) is 3.47. The molecule has 26 heavy (non-hydrogen) atoms. The van der Waals surface area contributed by atoms with E-state index in [1.54, 1.807) is 17.5 Å². The van der Waals surface area contributed by atoms with Crippen molar-refractivity contribution in [1.82, 2.24) is 4.98 Å². The van der Waals surface area contributed by atoms with Gasteiger partial charge in [-0.3, -0.25) is 0 Å². The minimum Gasteiger partial charge on any atom is -0.490 e. The average molecular weight is 433 g/mol. The van der Waals surface area contributed by atoms with Crippen molar-refractivity contribution in [3.05, 3.63) is 69.1 Å². The maximum atomic E-state index is 6.06. The molecule has 1 aromatic heterocycles. The van der Waals surface area contributed by atoms with Gasteiger partial charge in [0, 0.05) is 22.6 Å². The number of benzene rings is 2. The van der Waals surface area contributed by atoms with Crippen LogP contribution in [0.5, 0.6) is 11.5 Å². The molecule has 0 fully saturated rings. The van der Waals surface area contributed by atoms with E-state index in [9.17, 15) is 0 Å². The van der Waals surface area contributed by atoms with Gasteiger partial charge >= 0.3 is 0 Å². The predicted molar refractivity (Wildman–Crippen MR) is 110 cm³/mol. The van der Waals surface area contributed by atoms with Crippen molar-refractivity contribution in [2.24, 2.45) is 0 Å². The summed E-state index contributed by atoms with van der Waals surface area (Å²) in [6.45, 7) is 5.82. The smallest absolute Gasteiger partial charge is 0.182 e. The van der Waals surface area contributed by atoms with Crippen molar-refractivity contribution in [2.75, 3.05) is 11.9 Å². The lowest BCUT2D eigenvalue weighted by Gasteiger charge is -2.16. The Labute approximate surface area is 166 Å². The van der Waals surface area contributed by atoms with Crippen molar-refractivity contribution in [3.63, 3.8) is 0 Å². The van der Waals surface area contributed by atoms with Crippen molar-refractivity contribution < 1.29 is 9.47 Å². The molecule has 0 bridgehead atoms. The van der Waals surface area contributed by atoms with E-state index in [1.165, 1.54) is 11.1 Å². The molecule has 6 heteroatoms. The number of aryl methyl sites for hydroxylation is 1. The van der Waals surface area contributed by atoms with Crippen molar-refractivity contribution in [3.8, 4) is 11.5 Å². The van der Waals surface area contributed by atoms with Crippen LogP contribution in [0.1, 0.15) is 23.6 Å². The SMILES string of the molecule is CCOc1cc(CNc2nccs2)c(Br)cc1OCc1ccccc1C. The third kappa shape index (κ3) is 4.77. The molecule has 0 radical (unpaired) electrons. The van der Waals surface area contributed by atoms with E-state index in [1.807, 2.05) is 36.6 Å². The quantitative estimate of drug-likeness (QED) is 0.487. The fraction of sp³-hybridized carbons (Fsp3) is 0.250. The molecule has 0 saturated carbocycles. The number of ether oxygens (including phenoxy) is 2. The van der Waals surface area contributed by atoms with Gasteiger partial charge in [-0.25, -0.2) is 4.98 Å². The Morgan fingerprint density at radius 1 is 1.12 bits per heavy atom. The summed E-state index contributed by atoms with van der Waals surface area (Å²) in [5, 5.41) is 6.16. The molecule has 0 aliphatic carbocycles. The first-order valence-electron chi connectivity index (χ1n) is 8.43. The Morgan fingerprint density at radius 3 is 2.65 bits per heavy atom. The number of thiazole rings is 1. The Morgan fingerprint density at radius 2 is 1.92 bits per heavy atom. The second-order valence-electron chi connectivity index (χ2n) is 5.73. The van der Waals surface area contributed by atoms with E-state index in [2.05, 4.69) is 45.3 Å². The first-order chi connectivity index (χ1) is 12.7. The van der Waals surface area contributed by atoms with Crippen LogP contribution in [0.25, 0.3) is 0 Å². The highest BCUT2D eigenvalue weighted by molar-refractivity contribution is 9.10. The summed E-state index contributed by atoms with van der Waals surface area (Å²) >= 11 is 5.22. The Balaban J connectivity index is 1.76. The molecule has 2 aromatic carbocycles. The molecule has 4 nitrogen and oxygen atoms in total. The summed E-state index contributed by atoms with van der Waals surface area (Å²) < 4.78 is 12.8. The van der Waals surface area contributed by atoms with Crippen molar-refractivity contribution in [2.45, 2.75) is 27.0 Å². The maximum absolute atomic E-state index is 6.06. The van der Waals surface area contributed by atoms with Gasteiger partial charge in [-0.2, -0.15) is 0 Å². The Kier molecular flexibility index (Phi) is 6.52. The lowest BCUT2D eigenvalue weighted by atomic mass is 10.1. The highest BCUT2D eigenvalue weighted by Crippen LogP contribution is 2.35. The van der Waals surface area contributed by atoms with Crippen molar-refractivity contribution in [1.29, 1.82) is 0 Å². The number of nitrogens with one attached hydrogen (secondary N) is 1. The van der Waals surface area contributed by atoms with Crippen LogP contribution in [-0.2, 0) is 13.2 Å². The maximum Gasteiger partial charge on any atom is 0.182 e. The van der Waals surface area contributed by atoms with Crippen LogP contribution < -0.4 is 14.8 Å². The number of anilines is 1. The van der Waals surface area contributed by atoms with Crippen LogP contribution in [0.2, 0.25) is 0 Å². The van der Waals surface area contributed by atoms with E-state index in [0.29, 0.717) is 19.8 Å². The van der Waals surface area contributed by atoms with Crippen LogP contribution in [0.4, 0.5) is 5.13 Å². The minimum atomic E-state index is 0.510. The van der Waals surface area contributed by atoms with Crippen LogP contribution in [0.15, 0.2) is 52.4 Å². The largest absolute Gasteiger partial charge is 0.490 e. The molecule has 0 atom stereocenters. The molecule has 0 saturated heterocycles. The van der Waals surface area contributed by atoms with E-state index < -0.39 is 0 Å². The first kappa shape index (κ1) is 18.7.